The predicted molar refractivity (Wildman–Crippen MR) is 80.5 cm³/mol. The first-order valence-corrected chi connectivity index (χ1v) is 7.30. The van der Waals surface area contributed by atoms with Gasteiger partial charge in [0, 0.05) is 9.89 Å². The molecule has 0 saturated carbocycles. The van der Waals surface area contributed by atoms with Gasteiger partial charge in [-0.25, -0.2) is 0 Å². The van der Waals surface area contributed by atoms with Crippen LogP contribution in [0.5, 0.6) is 5.75 Å². The molecule has 0 spiro atoms. The quantitative estimate of drug-likeness (QED) is 0.807. The van der Waals surface area contributed by atoms with E-state index in [1.54, 1.807) is 7.11 Å². The Morgan fingerprint density at radius 2 is 1.89 bits per heavy atom. The topological polar surface area (TPSA) is 49.7 Å². The number of ether oxygens (including phenoxy) is 1. The van der Waals surface area contributed by atoms with Crippen LogP contribution in [0.3, 0.4) is 0 Å². The second-order valence-electron chi connectivity index (χ2n) is 5.55. The van der Waals surface area contributed by atoms with Crippen LogP contribution in [-0.4, -0.2) is 30.5 Å². The van der Waals surface area contributed by atoms with E-state index in [0.717, 1.165) is 22.2 Å². The number of methoxy groups -OCH3 is 1. The van der Waals surface area contributed by atoms with Gasteiger partial charge in [0.15, 0.2) is 0 Å². The molecule has 0 radical (unpaired) electrons. The first-order chi connectivity index (χ1) is 8.96. The smallest absolute Gasteiger partial charge is 0.119 e. The van der Waals surface area contributed by atoms with E-state index in [-0.39, 0.29) is 13.2 Å². The number of hydrogen-bond donors (Lipinski definition) is 2. The number of aliphatic hydroxyl groups is 2. The fourth-order valence-electron chi connectivity index (χ4n) is 2.45. The Balaban J connectivity index is 3.01. The molecule has 0 aliphatic carbocycles. The lowest BCUT2D eigenvalue weighted by molar-refractivity contribution is 0.0368. The van der Waals surface area contributed by atoms with Gasteiger partial charge in [0.05, 0.1) is 20.3 Å². The maximum atomic E-state index is 9.70. The lowest BCUT2D eigenvalue weighted by Crippen LogP contribution is -2.34. The van der Waals surface area contributed by atoms with Crippen LogP contribution in [0.15, 0.2) is 22.7 Å². The highest BCUT2D eigenvalue weighted by molar-refractivity contribution is 9.10. The van der Waals surface area contributed by atoms with E-state index in [4.69, 9.17) is 4.74 Å². The third-order valence-electron chi connectivity index (χ3n) is 3.33. The van der Waals surface area contributed by atoms with Crippen LogP contribution in [0.4, 0.5) is 0 Å². The van der Waals surface area contributed by atoms with Crippen LogP contribution in [0, 0.1) is 11.3 Å². The van der Waals surface area contributed by atoms with Gasteiger partial charge in [-0.05, 0) is 42.5 Å². The molecule has 1 aromatic rings. The minimum Gasteiger partial charge on any atom is -0.497 e. The minimum atomic E-state index is -0.483. The van der Waals surface area contributed by atoms with E-state index < -0.39 is 5.41 Å². The SMILES string of the molecule is COc1ccc(Br)c(CC(CO)(CO)CC(C)C)c1. The van der Waals surface area contributed by atoms with Gasteiger partial charge < -0.3 is 14.9 Å². The summed E-state index contributed by atoms with van der Waals surface area (Å²) < 4.78 is 6.20. The molecular weight excluding hydrogens is 308 g/mol. The number of benzene rings is 1. The van der Waals surface area contributed by atoms with Crippen molar-refractivity contribution < 1.29 is 14.9 Å². The number of hydrogen-bond acceptors (Lipinski definition) is 3. The molecular formula is C15H23BrO3. The van der Waals surface area contributed by atoms with Gasteiger partial charge >= 0.3 is 0 Å². The fraction of sp³-hybridized carbons (Fsp3) is 0.600. The summed E-state index contributed by atoms with van der Waals surface area (Å²) in [5.74, 6) is 1.20. The van der Waals surface area contributed by atoms with Gasteiger partial charge in [0.1, 0.15) is 5.75 Å². The molecule has 0 fully saturated rings. The minimum absolute atomic E-state index is 0.0225. The highest BCUT2D eigenvalue weighted by atomic mass is 79.9. The van der Waals surface area contributed by atoms with E-state index in [0.29, 0.717) is 12.3 Å². The van der Waals surface area contributed by atoms with E-state index in [1.807, 2.05) is 18.2 Å². The second kappa shape index (κ2) is 7.27. The third kappa shape index (κ3) is 4.48. The van der Waals surface area contributed by atoms with Gasteiger partial charge in [0.25, 0.3) is 0 Å². The zero-order chi connectivity index (χ0) is 14.5. The zero-order valence-electron chi connectivity index (χ0n) is 11.8. The summed E-state index contributed by atoms with van der Waals surface area (Å²) in [5, 5.41) is 19.4. The van der Waals surface area contributed by atoms with Crippen molar-refractivity contribution in [2.45, 2.75) is 26.7 Å². The molecule has 0 aliphatic heterocycles. The molecule has 2 N–H and O–H groups in total. The largest absolute Gasteiger partial charge is 0.497 e. The molecule has 0 unspecified atom stereocenters. The lowest BCUT2D eigenvalue weighted by Gasteiger charge is -2.32. The van der Waals surface area contributed by atoms with E-state index in [9.17, 15) is 10.2 Å². The summed E-state index contributed by atoms with van der Waals surface area (Å²) in [6.07, 6.45) is 1.40. The summed E-state index contributed by atoms with van der Waals surface area (Å²) >= 11 is 3.52. The van der Waals surface area contributed by atoms with Crippen LogP contribution < -0.4 is 4.74 Å². The Labute approximate surface area is 123 Å². The first kappa shape index (κ1) is 16.5. The number of halogens is 1. The Kier molecular flexibility index (Phi) is 6.30. The zero-order valence-corrected chi connectivity index (χ0v) is 13.4. The maximum absolute atomic E-state index is 9.70. The van der Waals surface area contributed by atoms with Crippen molar-refractivity contribution in [1.29, 1.82) is 0 Å². The van der Waals surface area contributed by atoms with Crippen molar-refractivity contribution in [2.24, 2.45) is 11.3 Å². The molecule has 0 heterocycles. The number of aliphatic hydroxyl groups excluding tert-OH is 2. The van der Waals surface area contributed by atoms with Crippen LogP contribution >= 0.6 is 15.9 Å². The lowest BCUT2D eigenvalue weighted by atomic mass is 9.76. The van der Waals surface area contributed by atoms with Gasteiger partial charge in [-0.15, -0.1) is 0 Å². The van der Waals surface area contributed by atoms with Gasteiger partial charge in [0.2, 0.25) is 0 Å². The summed E-state index contributed by atoms with van der Waals surface area (Å²) in [6.45, 7) is 4.15. The standard InChI is InChI=1S/C15H23BrO3/c1-11(2)7-15(9-17,10-18)8-12-6-13(19-3)4-5-14(12)16/h4-6,11,17-18H,7-10H2,1-3H3. The molecule has 0 atom stereocenters. The highest BCUT2D eigenvalue weighted by Gasteiger charge is 2.30. The molecule has 108 valence electrons. The van der Waals surface area contributed by atoms with Crippen molar-refractivity contribution in [2.75, 3.05) is 20.3 Å². The Morgan fingerprint density at radius 1 is 1.26 bits per heavy atom. The van der Waals surface area contributed by atoms with Gasteiger partial charge in [-0.3, -0.25) is 0 Å². The van der Waals surface area contributed by atoms with Crippen molar-refractivity contribution in [1.82, 2.24) is 0 Å². The van der Waals surface area contributed by atoms with Crippen LogP contribution in [0.2, 0.25) is 0 Å². The summed E-state index contributed by atoms with van der Waals surface area (Å²) in [5.41, 5.74) is 0.561. The monoisotopic (exact) mass is 330 g/mol. The summed E-state index contributed by atoms with van der Waals surface area (Å²) in [6, 6.07) is 5.77. The van der Waals surface area contributed by atoms with Crippen molar-refractivity contribution in [3.8, 4) is 5.75 Å². The average molecular weight is 331 g/mol. The molecule has 4 heteroatoms. The Morgan fingerprint density at radius 3 is 2.37 bits per heavy atom. The molecule has 19 heavy (non-hydrogen) atoms. The Bertz CT molecular complexity index is 400. The van der Waals surface area contributed by atoms with Crippen molar-refractivity contribution in [3.63, 3.8) is 0 Å². The second-order valence-corrected chi connectivity index (χ2v) is 6.40. The molecule has 0 aliphatic rings. The molecule has 0 aromatic heterocycles. The van der Waals surface area contributed by atoms with E-state index in [2.05, 4.69) is 29.8 Å². The maximum Gasteiger partial charge on any atom is 0.119 e. The van der Waals surface area contributed by atoms with Crippen molar-refractivity contribution >= 4 is 15.9 Å². The summed E-state index contributed by atoms with van der Waals surface area (Å²) in [7, 11) is 1.63. The molecule has 0 bridgehead atoms. The van der Waals surface area contributed by atoms with Crippen LogP contribution in [0.25, 0.3) is 0 Å². The normalized spacial score (nSPS) is 11.9. The molecule has 0 saturated heterocycles. The van der Waals surface area contributed by atoms with E-state index in [1.165, 1.54) is 0 Å². The van der Waals surface area contributed by atoms with Gasteiger partial charge in [-0.2, -0.15) is 0 Å². The molecule has 0 amide bonds. The van der Waals surface area contributed by atoms with Crippen LogP contribution in [0.1, 0.15) is 25.8 Å². The fourth-order valence-corrected chi connectivity index (χ4v) is 2.83. The molecule has 3 nitrogen and oxygen atoms in total. The predicted octanol–water partition coefficient (Wildman–Crippen LogP) is 3.02. The molecule has 1 rings (SSSR count). The Hall–Kier alpha value is -0.580. The molecule has 1 aromatic carbocycles. The highest BCUT2D eigenvalue weighted by Crippen LogP contribution is 2.34. The number of rotatable bonds is 7. The van der Waals surface area contributed by atoms with Crippen molar-refractivity contribution in [3.05, 3.63) is 28.2 Å². The summed E-state index contributed by atoms with van der Waals surface area (Å²) in [4.78, 5) is 0. The van der Waals surface area contributed by atoms with E-state index >= 15 is 0 Å². The average Bonchev–Trinajstić information content (AvgIpc) is 2.39. The third-order valence-corrected chi connectivity index (χ3v) is 4.10. The van der Waals surface area contributed by atoms with Crippen LogP contribution in [-0.2, 0) is 6.42 Å². The first-order valence-electron chi connectivity index (χ1n) is 6.50. The van der Waals surface area contributed by atoms with Gasteiger partial charge in [-0.1, -0.05) is 29.8 Å².